The van der Waals surface area contributed by atoms with Gasteiger partial charge >= 0.3 is 0 Å². The second-order valence-corrected chi connectivity index (χ2v) is 7.90. The van der Waals surface area contributed by atoms with E-state index in [2.05, 4.69) is 4.98 Å². The van der Waals surface area contributed by atoms with Gasteiger partial charge < -0.3 is 14.4 Å². The average molecular weight is 441 g/mol. The summed E-state index contributed by atoms with van der Waals surface area (Å²) in [7, 11) is 1.42. The summed E-state index contributed by atoms with van der Waals surface area (Å²) >= 11 is 1.58. The van der Waals surface area contributed by atoms with Gasteiger partial charge in [-0.25, -0.2) is 9.37 Å². The maximum Gasteiger partial charge on any atom is 0.246 e. The molecule has 0 aliphatic heterocycles. The van der Waals surface area contributed by atoms with Gasteiger partial charge in [0.2, 0.25) is 5.91 Å². The molecule has 0 spiro atoms. The summed E-state index contributed by atoms with van der Waals surface area (Å²) in [6.07, 6.45) is 3.25. The van der Waals surface area contributed by atoms with Crippen molar-refractivity contribution >= 4 is 23.3 Å². The van der Waals surface area contributed by atoms with Gasteiger partial charge in [0.15, 0.2) is 11.6 Å². The van der Waals surface area contributed by atoms with E-state index >= 15 is 0 Å². The molecule has 0 aliphatic rings. The van der Waals surface area contributed by atoms with Gasteiger partial charge in [0.1, 0.15) is 12.4 Å². The number of rotatable bonds is 9. The number of hydrogen-bond acceptors (Lipinski definition) is 5. The predicted octanol–water partition coefficient (Wildman–Crippen LogP) is 5.24. The van der Waals surface area contributed by atoms with Crippen LogP contribution in [-0.2, 0) is 17.9 Å². The normalized spacial score (nSPS) is 11.0. The maximum atomic E-state index is 14.0. The SMILES string of the molecule is CCN(Cc1ccc(OC)c(F)c1)C(=O)/C=C/c1ccccc1OCc1csc(C)n1. The number of aromatic nitrogens is 1. The average Bonchev–Trinajstić information content (AvgIpc) is 3.20. The molecule has 0 radical (unpaired) electrons. The van der Waals surface area contributed by atoms with Crippen LogP contribution in [0.3, 0.4) is 0 Å². The summed E-state index contributed by atoms with van der Waals surface area (Å²) in [6, 6.07) is 12.2. The first-order valence-electron chi connectivity index (χ1n) is 9.92. The number of methoxy groups -OCH3 is 1. The molecule has 0 bridgehead atoms. The van der Waals surface area contributed by atoms with Crippen molar-refractivity contribution in [2.75, 3.05) is 13.7 Å². The third kappa shape index (κ3) is 6.15. The number of benzene rings is 2. The lowest BCUT2D eigenvalue weighted by molar-refractivity contribution is -0.126. The highest BCUT2D eigenvalue weighted by atomic mass is 32.1. The highest BCUT2D eigenvalue weighted by molar-refractivity contribution is 7.09. The summed E-state index contributed by atoms with van der Waals surface area (Å²) in [5, 5.41) is 2.96. The van der Waals surface area contributed by atoms with Crippen molar-refractivity contribution in [2.24, 2.45) is 0 Å². The molecular formula is C24H25FN2O3S. The Morgan fingerprint density at radius 1 is 1.23 bits per heavy atom. The van der Waals surface area contributed by atoms with Crippen molar-refractivity contribution in [2.45, 2.75) is 27.0 Å². The van der Waals surface area contributed by atoms with Gasteiger partial charge in [0.05, 0.1) is 17.8 Å². The number of aryl methyl sites for hydroxylation is 1. The van der Waals surface area contributed by atoms with Gasteiger partial charge in [-0.2, -0.15) is 0 Å². The van der Waals surface area contributed by atoms with Crippen LogP contribution < -0.4 is 9.47 Å². The largest absolute Gasteiger partial charge is 0.494 e. The lowest BCUT2D eigenvalue weighted by Gasteiger charge is -2.19. The molecule has 0 aliphatic carbocycles. The van der Waals surface area contributed by atoms with E-state index in [9.17, 15) is 9.18 Å². The van der Waals surface area contributed by atoms with E-state index < -0.39 is 5.82 Å². The standard InChI is InChI=1S/C24H25FN2O3S/c1-4-27(14-18-9-11-23(29-3)21(25)13-18)24(28)12-10-19-7-5-6-8-22(19)30-15-20-16-31-17(2)26-20/h5-13,16H,4,14-15H2,1-3H3/b12-10+. The predicted molar refractivity (Wildman–Crippen MR) is 121 cm³/mol. The molecule has 3 aromatic rings. The maximum absolute atomic E-state index is 14.0. The third-order valence-electron chi connectivity index (χ3n) is 4.65. The van der Waals surface area contributed by atoms with Gasteiger partial charge in [0, 0.05) is 30.1 Å². The van der Waals surface area contributed by atoms with Gasteiger partial charge in [-0.3, -0.25) is 4.79 Å². The van der Waals surface area contributed by atoms with E-state index in [0.717, 1.165) is 16.3 Å². The van der Waals surface area contributed by atoms with Crippen LogP contribution in [0.4, 0.5) is 4.39 Å². The number of amides is 1. The number of halogens is 1. The summed E-state index contributed by atoms with van der Waals surface area (Å²) in [5.41, 5.74) is 2.37. The van der Waals surface area contributed by atoms with Crippen molar-refractivity contribution < 1.29 is 18.7 Å². The molecule has 0 N–H and O–H groups in total. The molecule has 0 saturated carbocycles. The highest BCUT2D eigenvalue weighted by Gasteiger charge is 2.12. The van der Waals surface area contributed by atoms with Crippen LogP contribution in [0.25, 0.3) is 6.08 Å². The van der Waals surface area contributed by atoms with Crippen molar-refractivity contribution in [3.05, 3.63) is 81.6 Å². The first-order valence-corrected chi connectivity index (χ1v) is 10.8. The molecule has 1 heterocycles. The minimum Gasteiger partial charge on any atom is -0.494 e. The van der Waals surface area contributed by atoms with Crippen molar-refractivity contribution in [3.8, 4) is 11.5 Å². The fraction of sp³-hybridized carbons (Fsp3) is 0.250. The Bertz CT molecular complexity index is 1060. The number of carbonyl (C=O) groups excluding carboxylic acids is 1. The quantitative estimate of drug-likeness (QED) is 0.427. The molecule has 0 unspecified atom stereocenters. The Morgan fingerprint density at radius 2 is 2.03 bits per heavy atom. The number of ether oxygens (including phenoxy) is 2. The minimum atomic E-state index is -0.444. The second-order valence-electron chi connectivity index (χ2n) is 6.84. The zero-order chi connectivity index (χ0) is 22.2. The summed E-state index contributed by atoms with van der Waals surface area (Å²) < 4.78 is 24.8. The monoisotopic (exact) mass is 440 g/mol. The first kappa shape index (κ1) is 22.5. The molecule has 31 heavy (non-hydrogen) atoms. The van der Waals surface area contributed by atoms with Crippen LogP contribution in [0.1, 0.15) is 28.8 Å². The fourth-order valence-electron chi connectivity index (χ4n) is 3.02. The highest BCUT2D eigenvalue weighted by Crippen LogP contribution is 2.22. The van der Waals surface area contributed by atoms with E-state index in [0.29, 0.717) is 31.0 Å². The lowest BCUT2D eigenvalue weighted by Crippen LogP contribution is -2.28. The molecule has 0 saturated heterocycles. The van der Waals surface area contributed by atoms with Crippen LogP contribution in [0.5, 0.6) is 11.5 Å². The smallest absolute Gasteiger partial charge is 0.246 e. The third-order valence-corrected chi connectivity index (χ3v) is 5.47. The van der Waals surface area contributed by atoms with Crippen LogP contribution in [-0.4, -0.2) is 29.4 Å². The summed E-state index contributed by atoms with van der Waals surface area (Å²) in [4.78, 5) is 18.8. The van der Waals surface area contributed by atoms with E-state index in [1.165, 1.54) is 19.3 Å². The van der Waals surface area contributed by atoms with Crippen LogP contribution in [0, 0.1) is 12.7 Å². The molecule has 3 rings (SSSR count). The number of hydrogen-bond donors (Lipinski definition) is 0. The van der Waals surface area contributed by atoms with E-state index in [1.807, 2.05) is 43.5 Å². The molecule has 5 nitrogen and oxygen atoms in total. The topological polar surface area (TPSA) is 51.7 Å². The van der Waals surface area contributed by atoms with Crippen molar-refractivity contribution in [1.29, 1.82) is 0 Å². The van der Waals surface area contributed by atoms with Gasteiger partial charge in [-0.15, -0.1) is 11.3 Å². The van der Waals surface area contributed by atoms with Crippen LogP contribution >= 0.6 is 11.3 Å². The zero-order valence-electron chi connectivity index (χ0n) is 17.8. The summed E-state index contributed by atoms with van der Waals surface area (Å²) in [6.45, 7) is 5.02. The Kier molecular flexibility index (Phi) is 7.78. The van der Waals surface area contributed by atoms with E-state index in [4.69, 9.17) is 9.47 Å². The van der Waals surface area contributed by atoms with Crippen molar-refractivity contribution in [1.82, 2.24) is 9.88 Å². The first-order chi connectivity index (χ1) is 15.0. The Hall–Kier alpha value is -3.19. The van der Waals surface area contributed by atoms with Gasteiger partial charge in [-0.1, -0.05) is 24.3 Å². The number of carbonyl (C=O) groups is 1. The van der Waals surface area contributed by atoms with Crippen molar-refractivity contribution in [3.63, 3.8) is 0 Å². The zero-order valence-corrected chi connectivity index (χ0v) is 18.6. The van der Waals surface area contributed by atoms with Crippen LogP contribution in [0.2, 0.25) is 0 Å². The summed E-state index contributed by atoms with van der Waals surface area (Å²) in [5.74, 6) is 0.254. The number of thiazole rings is 1. The molecule has 0 atom stereocenters. The number of nitrogens with zero attached hydrogens (tertiary/aromatic N) is 2. The molecule has 2 aromatic carbocycles. The molecule has 1 amide bonds. The number of para-hydroxylation sites is 1. The molecule has 162 valence electrons. The molecule has 0 fully saturated rings. The fourth-order valence-corrected chi connectivity index (χ4v) is 3.61. The Labute approximate surface area is 185 Å². The van der Waals surface area contributed by atoms with Gasteiger partial charge in [0.25, 0.3) is 0 Å². The molecule has 1 aromatic heterocycles. The Balaban J connectivity index is 1.67. The van der Waals surface area contributed by atoms with E-state index in [1.54, 1.807) is 34.4 Å². The minimum absolute atomic E-state index is 0.163. The Morgan fingerprint density at radius 3 is 2.71 bits per heavy atom. The molecular weight excluding hydrogens is 415 g/mol. The lowest BCUT2D eigenvalue weighted by atomic mass is 10.1. The molecule has 7 heteroatoms. The van der Waals surface area contributed by atoms with Gasteiger partial charge in [-0.05, 0) is 43.7 Å². The van der Waals surface area contributed by atoms with Crippen LogP contribution in [0.15, 0.2) is 53.9 Å². The number of likely N-dealkylation sites (N-methyl/N-ethyl adjacent to an activating group) is 1. The second kappa shape index (κ2) is 10.7. The van der Waals surface area contributed by atoms with E-state index in [-0.39, 0.29) is 11.7 Å².